The van der Waals surface area contributed by atoms with Gasteiger partial charge < -0.3 is 0 Å². The molecule has 0 nitrogen and oxygen atoms in total. The fourth-order valence-corrected chi connectivity index (χ4v) is 6.64. The quantitative estimate of drug-likeness (QED) is 0.225. The van der Waals surface area contributed by atoms with Crippen molar-refractivity contribution >= 4 is 55.2 Å². The van der Waals surface area contributed by atoms with Crippen molar-refractivity contribution in [1.29, 1.82) is 0 Å². The molecule has 6 rings (SSSR count). The lowest BCUT2D eigenvalue weighted by molar-refractivity contribution is 0.657. The summed E-state index contributed by atoms with van der Waals surface area (Å²) in [5.41, 5.74) is 11.0. The highest BCUT2D eigenvalue weighted by atomic mass is 79.9. The van der Waals surface area contributed by atoms with Crippen molar-refractivity contribution in [3.8, 4) is 0 Å². The summed E-state index contributed by atoms with van der Waals surface area (Å²) in [6.45, 7) is 0. The van der Waals surface area contributed by atoms with Crippen molar-refractivity contribution in [2.45, 2.75) is 24.7 Å². The predicted molar refractivity (Wildman–Crippen MR) is 152 cm³/mol. The summed E-state index contributed by atoms with van der Waals surface area (Å²) in [5, 5.41) is 0. The van der Waals surface area contributed by atoms with E-state index in [-0.39, 0.29) is 0 Å². The Hall–Kier alpha value is -2.68. The van der Waals surface area contributed by atoms with Gasteiger partial charge in [0.25, 0.3) is 0 Å². The zero-order chi connectivity index (χ0) is 23.1. The van der Waals surface area contributed by atoms with Gasteiger partial charge in [0.1, 0.15) is 0 Å². The van der Waals surface area contributed by atoms with Crippen LogP contribution < -0.4 is 0 Å². The number of hydrogen-bond acceptors (Lipinski definition) is 0. The largest absolute Gasteiger partial charge is 0.0622 e. The highest BCUT2D eigenvalue weighted by molar-refractivity contribution is 9.10. The molecule has 0 saturated heterocycles. The molecule has 2 aliphatic carbocycles. The molecule has 0 spiro atoms. The first-order valence-corrected chi connectivity index (χ1v) is 13.4. The molecule has 4 aromatic carbocycles. The Morgan fingerprint density at radius 2 is 0.882 bits per heavy atom. The Bertz CT molecular complexity index is 1300. The van der Waals surface area contributed by atoms with Gasteiger partial charge in [-0.1, -0.05) is 117 Å². The molecule has 34 heavy (non-hydrogen) atoms. The maximum atomic E-state index is 3.80. The molecule has 0 aromatic heterocycles. The maximum absolute atomic E-state index is 3.80. The number of allylic oxidation sites excluding steroid dienone is 2. The minimum Gasteiger partial charge on any atom is -0.0622 e. The van der Waals surface area contributed by atoms with Crippen LogP contribution in [0.5, 0.6) is 0 Å². The molecule has 2 heteroatoms. The van der Waals surface area contributed by atoms with Crippen LogP contribution in [-0.2, 0) is 0 Å². The average Bonchev–Trinajstić information content (AvgIpc) is 3.44. The van der Waals surface area contributed by atoms with E-state index in [1.54, 1.807) is 0 Å². The summed E-state index contributed by atoms with van der Waals surface area (Å²) in [7, 11) is 0. The molecule has 0 N–H and O–H groups in total. The molecule has 0 amide bonds. The molecule has 2 atom stereocenters. The second-order valence-electron chi connectivity index (χ2n) is 9.10. The summed E-state index contributed by atoms with van der Waals surface area (Å²) in [6, 6.07) is 35.0. The van der Waals surface area contributed by atoms with E-state index in [1.807, 2.05) is 0 Å². The average molecular weight is 568 g/mol. The lowest BCUT2D eigenvalue weighted by atomic mass is 9.81. The smallest absolute Gasteiger partial charge is 0.0250 e. The van der Waals surface area contributed by atoms with Gasteiger partial charge in [-0.25, -0.2) is 0 Å². The topological polar surface area (TPSA) is 0 Å². The predicted octanol–water partition coefficient (Wildman–Crippen LogP) is 9.97. The Labute approximate surface area is 218 Å². The molecule has 2 unspecified atom stereocenters. The van der Waals surface area contributed by atoms with E-state index < -0.39 is 0 Å². The fourth-order valence-electron chi connectivity index (χ4n) is 5.65. The van der Waals surface area contributed by atoms with Crippen molar-refractivity contribution in [1.82, 2.24) is 0 Å². The van der Waals surface area contributed by atoms with Crippen LogP contribution in [0.3, 0.4) is 0 Å². The van der Waals surface area contributed by atoms with Gasteiger partial charge in [0.2, 0.25) is 0 Å². The Balaban J connectivity index is 1.37. The lowest BCUT2D eigenvalue weighted by Gasteiger charge is -2.22. The Kier molecular flexibility index (Phi) is 5.89. The fraction of sp³-hybridized carbons (Fsp3) is 0.125. The second-order valence-corrected chi connectivity index (χ2v) is 10.8. The molecule has 4 aromatic rings. The van der Waals surface area contributed by atoms with Gasteiger partial charge in [0, 0.05) is 20.8 Å². The summed E-state index contributed by atoms with van der Waals surface area (Å²) in [6.07, 6.45) is 7.00. The Morgan fingerprint density at radius 1 is 0.471 bits per heavy atom. The van der Waals surface area contributed by atoms with Crippen LogP contribution in [0.2, 0.25) is 0 Å². The molecular weight excluding hydrogens is 544 g/mol. The van der Waals surface area contributed by atoms with Crippen LogP contribution >= 0.6 is 31.9 Å². The van der Waals surface area contributed by atoms with E-state index in [9.17, 15) is 0 Å². The molecule has 0 bridgehead atoms. The van der Waals surface area contributed by atoms with Gasteiger partial charge in [-0.05, 0) is 81.7 Å². The molecule has 2 aliphatic rings. The summed E-state index contributed by atoms with van der Waals surface area (Å²) in [5.74, 6) is 0.784. The number of halogens is 2. The lowest BCUT2D eigenvalue weighted by Crippen LogP contribution is -2.05. The summed E-state index contributed by atoms with van der Waals surface area (Å²) >= 11 is 7.61. The zero-order valence-electron chi connectivity index (χ0n) is 18.7. The highest BCUT2D eigenvalue weighted by Crippen LogP contribution is 2.51. The van der Waals surface area contributed by atoms with E-state index in [2.05, 4.69) is 141 Å². The summed E-state index contributed by atoms with van der Waals surface area (Å²) in [4.78, 5) is 0. The van der Waals surface area contributed by atoms with Crippen LogP contribution in [-0.4, -0.2) is 0 Å². The van der Waals surface area contributed by atoms with Crippen LogP contribution in [0, 0.1) is 0 Å². The van der Waals surface area contributed by atoms with E-state index in [1.165, 1.54) is 53.5 Å². The van der Waals surface area contributed by atoms with Gasteiger partial charge in [0.15, 0.2) is 0 Å². The molecule has 166 valence electrons. The van der Waals surface area contributed by atoms with E-state index in [0.29, 0.717) is 11.8 Å². The third-order valence-electron chi connectivity index (χ3n) is 7.23. The van der Waals surface area contributed by atoms with Gasteiger partial charge in [-0.15, -0.1) is 0 Å². The van der Waals surface area contributed by atoms with E-state index in [4.69, 9.17) is 0 Å². The maximum Gasteiger partial charge on any atom is 0.0250 e. The number of fused-ring (bicyclic) bond motifs is 2. The van der Waals surface area contributed by atoms with Crippen LogP contribution in [0.15, 0.2) is 106 Å². The van der Waals surface area contributed by atoms with E-state index in [0.717, 1.165) is 12.8 Å². The number of benzene rings is 4. The van der Waals surface area contributed by atoms with Crippen molar-refractivity contribution < 1.29 is 0 Å². The first-order chi connectivity index (χ1) is 16.7. The molecular formula is C32H24Br2. The van der Waals surface area contributed by atoms with Gasteiger partial charge in [0.05, 0.1) is 0 Å². The van der Waals surface area contributed by atoms with Gasteiger partial charge in [-0.3, -0.25) is 0 Å². The molecule has 0 radical (unpaired) electrons. The van der Waals surface area contributed by atoms with Crippen LogP contribution in [0.25, 0.3) is 23.3 Å². The van der Waals surface area contributed by atoms with Crippen molar-refractivity contribution in [3.63, 3.8) is 0 Å². The van der Waals surface area contributed by atoms with Crippen molar-refractivity contribution in [2.75, 3.05) is 0 Å². The second kappa shape index (κ2) is 9.17. The third-order valence-corrected chi connectivity index (χ3v) is 8.62. The van der Waals surface area contributed by atoms with Gasteiger partial charge in [-0.2, -0.15) is 0 Å². The van der Waals surface area contributed by atoms with Crippen LogP contribution in [0.1, 0.15) is 58.1 Å². The van der Waals surface area contributed by atoms with Gasteiger partial charge >= 0.3 is 0 Å². The molecule has 0 heterocycles. The van der Waals surface area contributed by atoms with Crippen molar-refractivity contribution in [2.24, 2.45) is 0 Å². The molecule has 0 aliphatic heterocycles. The molecule has 0 saturated carbocycles. The zero-order valence-corrected chi connectivity index (χ0v) is 21.9. The SMILES string of the molecule is Brc1cccc2c1C=C(c1ccccc1)C2CCC1C(c2ccccc2)=Cc2c(Br)cccc21. The number of hydrogen-bond donors (Lipinski definition) is 0. The Morgan fingerprint density at radius 3 is 1.29 bits per heavy atom. The summed E-state index contributed by atoms with van der Waals surface area (Å²) < 4.78 is 2.36. The van der Waals surface area contributed by atoms with Crippen LogP contribution in [0.4, 0.5) is 0 Å². The highest BCUT2D eigenvalue weighted by Gasteiger charge is 2.32. The first-order valence-electron chi connectivity index (χ1n) is 11.8. The minimum atomic E-state index is 0.392. The monoisotopic (exact) mass is 566 g/mol. The first kappa shape index (κ1) is 21.8. The normalized spacial score (nSPS) is 18.3. The standard InChI is InChI=1S/C32H24Br2/c33-31-15-7-13-23-25(27(19-29(23)31)21-9-3-1-4-10-21)17-18-26-24-14-8-16-32(34)30(24)20-28(26)22-11-5-2-6-12-22/h1-16,19-20,25-26H,17-18H2. The third kappa shape index (κ3) is 3.83. The number of rotatable bonds is 5. The molecule has 0 fully saturated rings. The van der Waals surface area contributed by atoms with Crippen molar-refractivity contribution in [3.05, 3.63) is 139 Å². The minimum absolute atomic E-state index is 0.392. The van der Waals surface area contributed by atoms with E-state index >= 15 is 0 Å².